The van der Waals surface area contributed by atoms with E-state index in [1.54, 1.807) is 6.20 Å². The van der Waals surface area contributed by atoms with E-state index in [1.165, 1.54) is 11.2 Å². The molecule has 1 aliphatic rings. The maximum Gasteiger partial charge on any atom is 0.401 e. The lowest BCUT2D eigenvalue weighted by Crippen LogP contribution is -2.41. The maximum atomic E-state index is 12.4. The highest BCUT2D eigenvalue weighted by Gasteiger charge is 2.32. The lowest BCUT2D eigenvalue weighted by atomic mass is 9.97. The zero-order chi connectivity index (χ0) is 16.3. The summed E-state index contributed by atoms with van der Waals surface area (Å²) in [5.74, 6) is 1.07. The first-order chi connectivity index (χ1) is 11.0. The summed E-state index contributed by atoms with van der Waals surface area (Å²) < 4.78 is 37.1. The van der Waals surface area contributed by atoms with Gasteiger partial charge >= 0.3 is 6.18 Å². The van der Waals surface area contributed by atoms with Gasteiger partial charge in [0.2, 0.25) is 0 Å². The number of halogens is 3. The summed E-state index contributed by atoms with van der Waals surface area (Å²) in [6.07, 6.45) is 0.533. The molecule has 0 bridgehead atoms. The number of aromatic nitrogens is 3. The molecule has 0 saturated carbocycles. The normalized spacial score (nSPS) is 17.5. The number of pyridine rings is 1. The molecule has 8 heteroatoms. The van der Waals surface area contributed by atoms with Gasteiger partial charge in [0.25, 0.3) is 0 Å². The van der Waals surface area contributed by atoms with Crippen molar-refractivity contribution in [3.8, 4) is 0 Å². The fourth-order valence-corrected chi connectivity index (χ4v) is 2.88. The van der Waals surface area contributed by atoms with Crippen molar-refractivity contribution >= 4 is 16.9 Å². The number of likely N-dealkylation sites (tertiary alicyclic amines) is 1. The number of fused-ring (bicyclic) bond motifs is 1. The molecule has 1 aliphatic heterocycles. The van der Waals surface area contributed by atoms with E-state index >= 15 is 0 Å². The number of hydrogen-bond donors (Lipinski definition) is 1. The van der Waals surface area contributed by atoms with Gasteiger partial charge in [-0.05, 0) is 44.0 Å². The Morgan fingerprint density at radius 3 is 2.70 bits per heavy atom. The van der Waals surface area contributed by atoms with Crippen LogP contribution < -0.4 is 5.32 Å². The van der Waals surface area contributed by atoms with Gasteiger partial charge in [-0.3, -0.25) is 4.90 Å². The van der Waals surface area contributed by atoms with Crippen molar-refractivity contribution in [3.05, 3.63) is 24.7 Å². The third kappa shape index (κ3) is 4.28. The van der Waals surface area contributed by atoms with Crippen LogP contribution in [0.25, 0.3) is 11.0 Å². The van der Waals surface area contributed by atoms with Crippen molar-refractivity contribution in [1.82, 2.24) is 19.9 Å². The highest BCUT2D eigenvalue weighted by atomic mass is 19.4. The molecule has 0 amide bonds. The molecule has 3 rings (SSSR count). The fraction of sp³-hybridized carbons (Fsp3) is 0.533. The molecule has 1 fully saturated rings. The summed E-state index contributed by atoms with van der Waals surface area (Å²) in [4.78, 5) is 14.0. The topological polar surface area (TPSA) is 53.9 Å². The monoisotopic (exact) mass is 325 g/mol. The summed E-state index contributed by atoms with van der Waals surface area (Å²) in [5, 5.41) is 4.14. The van der Waals surface area contributed by atoms with Crippen LogP contribution in [0, 0.1) is 5.92 Å². The van der Waals surface area contributed by atoms with Crippen LogP contribution in [0.15, 0.2) is 24.7 Å². The van der Waals surface area contributed by atoms with Crippen LogP contribution in [0.5, 0.6) is 0 Å². The quantitative estimate of drug-likeness (QED) is 0.937. The van der Waals surface area contributed by atoms with Crippen molar-refractivity contribution in [2.45, 2.75) is 19.0 Å². The summed E-state index contributed by atoms with van der Waals surface area (Å²) >= 11 is 0. The molecule has 1 N–H and O–H groups in total. The molecule has 23 heavy (non-hydrogen) atoms. The number of hydrogen-bond acceptors (Lipinski definition) is 5. The van der Waals surface area contributed by atoms with Crippen molar-refractivity contribution in [1.29, 1.82) is 0 Å². The van der Waals surface area contributed by atoms with Crippen molar-refractivity contribution in [2.75, 3.05) is 31.5 Å². The lowest BCUT2D eigenvalue weighted by Gasteiger charge is -2.32. The van der Waals surface area contributed by atoms with Crippen molar-refractivity contribution < 1.29 is 13.2 Å². The number of alkyl halides is 3. The summed E-state index contributed by atoms with van der Waals surface area (Å²) in [5.41, 5.74) is 0.630. The smallest absolute Gasteiger partial charge is 0.369 e. The zero-order valence-corrected chi connectivity index (χ0v) is 12.6. The van der Waals surface area contributed by atoms with Crippen LogP contribution in [0.2, 0.25) is 0 Å². The Morgan fingerprint density at radius 1 is 1.17 bits per heavy atom. The second-order valence-corrected chi connectivity index (χ2v) is 5.81. The highest BCUT2D eigenvalue weighted by molar-refractivity contribution is 5.85. The Kier molecular flexibility index (Phi) is 4.61. The molecule has 0 aromatic carbocycles. The number of piperidine rings is 1. The van der Waals surface area contributed by atoms with Gasteiger partial charge in [0.1, 0.15) is 12.1 Å². The second-order valence-electron chi connectivity index (χ2n) is 5.81. The zero-order valence-electron chi connectivity index (χ0n) is 12.6. The Morgan fingerprint density at radius 2 is 1.96 bits per heavy atom. The third-order valence-electron chi connectivity index (χ3n) is 4.08. The molecule has 2 aromatic heterocycles. The van der Waals surface area contributed by atoms with Gasteiger partial charge in [-0.25, -0.2) is 15.0 Å². The number of anilines is 1. The molecule has 124 valence electrons. The molecule has 3 heterocycles. The number of nitrogens with zero attached hydrogens (tertiary/aromatic N) is 4. The highest BCUT2D eigenvalue weighted by Crippen LogP contribution is 2.23. The van der Waals surface area contributed by atoms with E-state index in [9.17, 15) is 13.2 Å². The standard InChI is InChI=1S/C15H18F3N5/c16-15(17,18)9-23-6-3-11(4-7-23)8-20-14-12-2-1-5-19-13(12)21-10-22-14/h1-2,5,10-11H,3-4,6-9H2,(H,19,20,21,22). The van der Waals surface area contributed by atoms with Crippen LogP contribution in [-0.2, 0) is 0 Å². The molecule has 0 radical (unpaired) electrons. The van der Waals surface area contributed by atoms with E-state index in [0.717, 1.165) is 24.0 Å². The number of nitrogens with one attached hydrogen (secondary N) is 1. The van der Waals surface area contributed by atoms with Crippen molar-refractivity contribution in [3.63, 3.8) is 0 Å². The summed E-state index contributed by atoms with van der Waals surface area (Å²) in [6, 6.07) is 3.73. The van der Waals surface area contributed by atoms with Crippen LogP contribution in [0.4, 0.5) is 19.0 Å². The maximum absolute atomic E-state index is 12.4. The minimum atomic E-state index is -4.11. The average Bonchev–Trinajstić information content (AvgIpc) is 2.53. The van der Waals surface area contributed by atoms with Crippen LogP contribution in [-0.4, -0.2) is 52.2 Å². The molecule has 5 nitrogen and oxygen atoms in total. The van der Waals surface area contributed by atoms with E-state index in [1.807, 2.05) is 12.1 Å². The average molecular weight is 325 g/mol. The predicted octanol–water partition coefficient (Wildman–Crippen LogP) is 2.71. The molecular formula is C15H18F3N5. The van der Waals surface area contributed by atoms with Gasteiger partial charge in [-0.15, -0.1) is 0 Å². The molecule has 0 atom stereocenters. The van der Waals surface area contributed by atoms with E-state index in [4.69, 9.17) is 0 Å². The van der Waals surface area contributed by atoms with E-state index < -0.39 is 12.7 Å². The van der Waals surface area contributed by atoms with Gasteiger partial charge in [0, 0.05) is 12.7 Å². The third-order valence-corrected chi connectivity index (χ3v) is 4.08. The van der Waals surface area contributed by atoms with Gasteiger partial charge in [-0.1, -0.05) is 0 Å². The van der Waals surface area contributed by atoms with E-state index in [-0.39, 0.29) is 0 Å². The molecule has 0 aliphatic carbocycles. The van der Waals surface area contributed by atoms with Gasteiger partial charge in [-0.2, -0.15) is 13.2 Å². The van der Waals surface area contributed by atoms with Gasteiger partial charge in [0.05, 0.1) is 11.9 Å². The molecule has 0 unspecified atom stereocenters. The Hall–Kier alpha value is -1.96. The summed E-state index contributed by atoms with van der Waals surface area (Å²) in [6.45, 7) is 0.853. The Bertz CT molecular complexity index is 648. The minimum absolute atomic E-state index is 0.348. The van der Waals surface area contributed by atoms with E-state index in [0.29, 0.717) is 31.2 Å². The number of rotatable bonds is 4. The first kappa shape index (κ1) is 15.9. The van der Waals surface area contributed by atoms with Gasteiger partial charge in [0.15, 0.2) is 5.65 Å². The molecular weight excluding hydrogens is 307 g/mol. The first-order valence-electron chi connectivity index (χ1n) is 7.60. The second kappa shape index (κ2) is 6.66. The SMILES string of the molecule is FC(F)(F)CN1CCC(CNc2ncnc3ncccc23)CC1. The predicted molar refractivity (Wildman–Crippen MR) is 81.0 cm³/mol. The molecule has 1 saturated heterocycles. The van der Waals surface area contributed by atoms with Gasteiger partial charge < -0.3 is 5.32 Å². The summed E-state index contributed by atoms with van der Waals surface area (Å²) in [7, 11) is 0. The molecule has 2 aromatic rings. The largest absolute Gasteiger partial charge is 0.401 e. The lowest BCUT2D eigenvalue weighted by molar-refractivity contribution is -0.148. The Balaban J connectivity index is 1.53. The van der Waals surface area contributed by atoms with Crippen LogP contribution in [0.1, 0.15) is 12.8 Å². The first-order valence-corrected chi connectivity index (χ1v) is 7.60. The fourth-order valence-electron chi connectivity index (χ4n) is 2.88. The minimum Gasteiger partial charge on any atom is -0.369 e. The Labute approximate surface area is 131 Å². The molecule has 0 spiro atoms. The van der Waals surface area contributed by atoms with Crippen LogP contribution in [0.3, 0.4) is 0 Å². The van der Waals surface area contributed by atoms with Crippen molar-refractivity contribution in [2.24, 2.45) is 5.92 Å². The van der Waals surface area contributed by atoms with E-state index in [2.05, 4.69) is 20.3 Å². The van der Waals surface area contributed by atoms with Crippen LogP contribution >= 0.6 is 0 Å².